The fraction of sp³-hybridized carbons (Fsp3) is 0.538. The molecule has 1 aromatic rings. The van der Waals surface area contributed by atoms with Crippen LogP contribution < -0.4 is 5.32 Å². The summed E-state index contributed by atoms with van der Waals surface area (Å²) in [6.07, 6.45) is 1.05. The van der Waals surface area contributed by atoms with Gasteiger partial charge in [0.2, 0.25) is 0 Å². The van der Waals surface area contributed by atoms with Crippen LogP contribution in [0.2, 0.25) is 0 Å². The Labute approximate surface area is 96.8 Å². The van der Waals surface area contributed by atoms with Gasteiger partial charge in [-0.2, -0.15) is 0 Å². The maximum absolute atomic E-state index is 5.12. The molecule has 1 aromatic carbocycles. The number of hydrogen-bond donors (Lipinski definition) is 1. The molecular weight excluding hydrogens is 202 g/mol. The fourth-order valence-corrected chi connectivity index (χ4v) is 2.18. The molecule has 0 aliphatic heterocycles. The second-order valence-electron chi connectivity index (χ2n) is 4.16. The summed E-state index contributed by atoms with van der Waals surface area (Å²) < 4.78 is 10.2. The first kappa shape index (κ1) is 11.6. The molecule has 1 atom stereocenters. The molecule has 0 saturated heterocycles. The van der Waals surface area contributed by atoms with Crippen molar-refractivity contribution in [1.29, 1.82) is 0 Å². The minimum Gasteiger partial charge on any atom is -0.355 e. The lowest BCUT2D eigenvalue weighted by Crippen LogP contribution is -2.35. The number of fused-ring (bicyclic) bond motifs is 1. The summed E-state index contributed by atoms with van der Waals surface area (Å²) in [5.74, 6) is 0.658. The van der Waals surface area contributed by atoms with Crippen LogP contribution in [-0.4, -0.2) is 33.6 Å². The van der Waals surface area contributed by atoms with Crippen LogP contribution in [0, 0.1) is 0 Å². The highest BCUT2D eigenvalue weighted by molar-refractivity contribution is 5.40. The second-order valence-corrected chi connectivity index (χ2v) is 4.16. The van der Waals surface area contributed by atoms with Gasteiger partial charge in [0, 0.05) is 33.2 Å². The zero-order valence-corrected chi connectivity index (χ0v) is 9.90. The molecule has 16 heavy (non-hydrogen) atoms. The van der Waals surface area contributed by atoms with E-state index < -0.39 is 0 Å². The van der Waals surface area contributed by atoms with Crippen LogP contribution >= 0.6 is 0 Å². The molecule has 0 fully saturated rings. The van der Waals surface area contributed by atoms with Gasteiger partial charge in [0.05, 0.1) is 0 Å². The van der Waals surface area contributed by atoms with E-state index in [0.29, 0.717) is 5.92 Å². The molecule has 1 aliphatic carbocycles. The number of ether oxygens (including phenoxy) is 2. The van der Waals surface area contributed by atoms with Gasteiger partial charge in [-0.3, -0.25) is 0 Å². The van der Waals surface area contributed by atoms with Crippen molar-refractivity contribution in [1.82, 2.24) is 5.32 Å². The smallest absolute Gasteiger partial charge is 0.169 e. The third-order valence-electron chi connectivity index (χ3n) is 3.19. The molecule has 0 spiro atoms. The van der Waals surface area contributed by atoms with Gasteiger partial charge in [0.1, 0.15) is 0 Å². The first-order valence-corrected chi connectivity index (χ1v) is 5.69. The lowest BCUT2D eigenvalue weighted by atomic mass is 9.78. The van der Waals surface area contributed by atoms with Gasteiger partial charge in [0.25, 0.3) is 0 Å². The van der Waals surface area contributed by atoms with Crippen LogP contribution in [0.5, 0.6) is 0 Å². The van der Waals surface area contributed by atoms with Crippen LogP contribution in [0.1, 0.15) is 17.0 Å². The predicted molar refractivity (Wildman–Crippen MR) is 63.6 cm³/mol. The van der Waals surface area contributed by atoms with Crippen molar-refractivity contribution in [3.8, 4) is 0 Å². The molecule has 0 radical (unpaired) electrons. The Morgan fingerprint density at radius 1 is 1.31 bits per heavy atom. The Morgan fingerprint density at radius 2 is 2.06 bits per heavy atom. The van der Waals surface area contributed by atoms with E-state index in [0.717, 1.165) is 13.1 Å². The number of benzene rings is 1. The van der Waals surface area contributed by atoms with Crippen molar-refractivity contribution in [2.75, 3.05) is 27.3 Å². The monoisotopic (exact) mass is 221 g/mol. The molecule has 0 amide bonds. The maximum Gasteiger partial charge on any atom is 0.169 e. The Bertz CT molecular complexity index is 336. The van der Waals surface area contributed by atoms with E-state index in [-0.39, 0.29) is 6.29 Å². The average molecular weight is 221 g/mol. The Hall–Kier alpha value is -0.900. The van der Waals surface area contributed by atoms with E-state index in [1.54, 1.807) is 14.2 Å². The summed E-state index contributed by atoms with van der Waals surface area (Å²) in [5.41, 5.74) is 2.98. The highest BCUT2D eigenvalue weighted by Gasteiger charge is 2.24. The van der Waals surface area contributed by atoms with Crippen molar-refractivity contribution in [2.24, 2.45) is 0 Å². The normalized spacial score (nSPS) is 18.3. The molecule has 3 heteroatoms. The highest BCUT2D eigenvalue weighted by atomic mass is 16.7. The summed E-state index contributed by atoms with van der Waals surface area (Å²) >= 11 is 0. The lowest BCUT2D eigenvalue weighted by Gasteiger charge is -2.30. The van der Waals surface area contributed by atoms with Gasteiger partial charge in [-0.05, 0) is 17.5 Å². The van der Waals surface area contributed by atoms with Crippen molar-refractivity contribution >= 4 is 0 Å². The summed E-state index contributed by atoms with van der Waals surface area (Å²) in [6, 6.07) is 8.64. The van der Waals surface area contributed by atoms with Crippen LogP contribution in [-0.2, 0) is 15.9 Å². The molecule has 0 aromatic heterocycles. The zero-order chi connectivity index (χ0) is 11.4. The number of rotatable bonds is 6. The molecular formula is C13H19NO2. The Kier molecular flexibility index (Phi) is 3.93. The van der Waals surface area contributed by atoms with Gasteiger partial charge < -0.3 is 14.8 Å². The fourth-order valence-electron chi connectivity index (χ4n) is 2.18. The Morgan fingerprint density at radius 3 is 2.75 bits per heavy atom. The third kappa shape index (κ3) is 2.43. The highest BCUT2D eigenvalue weighted by Crippen LogP contribution is 2.33. The molecule has 1 aliphatic rings. The van der Waals surface area contributed by atoms with E-state index >= 15 is 0 Å². The molecule has 0 heterocycles. The van der Waals surface area contributed by atoms with Crippen LogP contribution in [0.4, 0.5) is 0 Å². The molecule has 0 saturated carbocycles. The van der Waals surface area contributed by atoms with Crippen molar-refractivity contribution in [3.63, 3.8) is 0 Å². The minimum atomic E-state index is -0.143. The van der Waals surface area contributed by atoms with Crippen LogP contribution in [0.15, 0.2) is 24.3 Å². The van der Waals surface area contributed by atoms with E-state index in [1.807, 2.05) is 0 Å². The first-order valence-electron chi connectivity index (χ1n) is 5.69. The molecule has 88 valence electrons. The van der Waals surface area contributed by atoms with E-state index in [9.17, 15) is 0 Å². The largest absolute Gasteiger partial charge is 0.355 e. The van der Waals surface area contributed by atoms with Gasteiger partial charge in [-0.1, -0.05) is 24.3 Å². The zero-order valence-electron chi connectivity index (χ0n) is 9.90. The van der Waals surface area contributed by atoms with Crippen LogP contribution in [0.3, 0.4) is 0 Å². The summed E-state index contributed by atoms with van der Waals surface area (Å²) in [7, 11) is 3.32. The van der Waals surface area contributed by atoms with Crippen LogP contribution in [0.25, 0.3) is 0 Å². The lowest BCUT2D eigenvalue weighted by molar-refractivity contribution is -0.0988. The summed E-state index contributed by atoms with van der Waals surface area (Å²) in [4.78, 5) is 0. The SMILES string of the molecule is COC(CNCC1Cc2ccccc21)OC. The standard InChI is InChI=1S/C13H19NO2/c1-15-13(16-2)9-14-8-11-7-10-5-3-4-6-12(10)11/h3-6,11,13-14H,7-9H2,1-2H3. The topological polar surface area (TPSA) is 30.5 Å². The minimum absolute atomic E-state index is 0.143. The first-order chi connectivity index (χ1) is 7.85. The number of nitrogens with one attached hydrogen (secondary N) is 1. The third-order valence-corrected chi connectivity index (χ3v) is 3.19. The predicted octanol–water partition coefficient (Wildman–Crippen LogP) is 1.53. The molecule has 1 unspecified atom stereocenters. The molecule has 2 rings (SSSR count). The van der Waals surface area contributed by atoms with Gasteiger partial charge in [0.15, 0.2) is 6.29 Å². The van der Waals surface area contributed by atoms with E-state index in [4.69, 9.17) is 9.47 Å². The summed E-state index contributed by atoms with van der Waals surface area (Å²) in [5, 5.41) is 3.38. The van der Waals surface area contributed by atoms with E-state index in [2.05, 4.69) is 29.6 Å². The summed E-state index contributed by atoms with van der Waals surface area (Å²) in [6.45, 7) is 1.74. The molecule has 1 N–H and O–H groups in total. The van der Waals surface area contributed by atoms with Crippen molar-refractivity contribution < 1.29 is 9.47 Å². The number of hydrogen-bond acceptors (Lipinski definition) is 3. The average Bonchev–Trinajstić information content (AvgIpc) is 2.30. The maximum atomic E-state index is 5.12. The van der Waals surface area contributed by atoms with Gasteiger partial charge >= 0.3 is 0 Å². The van der Waals surface area contributed by atoms with Crippen molar-refractivity contribution in [2.45, 2.75) is 18.6 Å². The molecule has 3 nitrogen and oxygen atoms in total. The van der Waals surface area contributed by atoms with E-state index in [1.165, 1.54) is 17.5 Å². The van der Waals surface area contributed by atoms with Gasteiger partial charge in [-0.25, -0.2) is 0 Å². The van der Waals surface area contributed by atoms with Gasteiger partial charge in [-0.15, -0.1) is 0 Å². The second kappa shape index (κ2) is 5.43. The quantitative estimate of drug-likeness (QED) is 0.739. The Balaban J connectivity index is 1.74. The van der Waals surface area contributed by atoms with Crippen molar-refractivity contribution in [3.05, 3.63) is 35.4 Å². The molecule has 0 bridgehead atoms. The number of methoxy groups -OCH3 is 2.